The van der Waals surface area contributed by atoms with Gasteiger partial charge in [-0.15, -0.1) is 0 Å². The molecule has 0 bridgehead atoms. The quantitative estimate of drug-likeness (QED) is 0.870. The number of carbonyl (C=O) groups is 2. The summed E-state index contributed by atoms with van der Waals surface area (Å²) < 4.78 is 1.28. The summed E-state index contributed by atoms with van der Waals surface area (Å²) in [5, 5.41) is 15.9. The average Bonchev–Trinajstić information content (AvgIpc) is 3.24. The summed E-state index contributed by atoms with van der Waals surface area (Å²) in [7, 11) is 1.56. The fraction of sp³-hybridized carbons (Fsp3) is 0.389. The molecule has 1 aliphatic heterocycles. The Bertz CT molecular complexity index is 793. The van der Waals surface area contributed by atoms with Gasteiger partial charge in [-0.3, -0.25) is 9.48 Å². The summed E-state index contributed by atoms with van der Waals surface area (Å²) in [4.78, 5) is 26.1. The first-order valence-electron chi connectivity index (χ1n) is 8.38. The molecule has 1 aromatic heterocycles. The van der Waals surface area contributed by atoms with Gasteiger partial charge in [-0.1, -0.05) is 12.1 Å². The standard InChI is InChI=1S/C18H22N4O3/c1-12(13-6-5-7-14(10-13)22-8-3-4-9-22)20-17(23)16-15(18(24)25)11-19-21(16)2/h5-7,10-12H,3-4,8-9H2,1-2H3,(H,20,23)(H,24,25). The number of rotatable bonds is 5. The van der Waals surface area contributed by atoms with E-state index in [4.69, 9.17) is 0 Å². The summed E-state index contributed by atoms with van der Waals surface area (Å²) in [6.45, 7) is 4.00. The smallest absolute Gasteiger partial charge is 0.339 e. The summed E-state index contributed by atoms with van der Waals surface area (Å²) in [6.07, 6.45) is 3.60. The number of carboxylic acids is 1. The van der Waals surface area contributed by atoms with Crippen LogP contribution in [0.3, 0.4) is 0 Å². The van der Waals surface area contributed by atoms with Crippen LogP contribution in [-0.2, 0) is 7.05 Å². The van der Waals surface area contributed by atoms with Gasteiger partial charge in [0.1, 0.15) is 11.3 Å². The molecule has 0 aliphatic carbocycles. The van der Waals surface area contributed by atoms with Gasteiger partial charge in [0.25, 0.3) is 5.91 Å². The number of hydrogen-bond donors (Lipinski definition) is 2. The maximum Gasteiger partial charge on any atom is 0.339 e. The van der Waals surface area contributed by atoms with Crippen LogP contribution in [0.5, 0.6) is 0 Å². The second-order valence-electron chi connectivity index (χ2n) is 6.32. The molecule has 7 nitrogen and oxygen atoms in total. The van der Waals surface area contributed by atoms with Gasteiger partial charge < -0.3 is 15.3 Å². The number of aromatic nitrogens is 2. The Balaban J connectivity index is 1.77. The fourth-order valence-corrected chi connectivity index (χ4v) is 3.18. The maximum absolute atomic E-state index is 12.5. The molecule has 1 unspecified atom stereocenters. The molecule has 1 saturated heterocycles. The lowest BCUT2D eigenvalue weighted by Gasteiger charge is -2.21. The molecule has 1 amide bonds. The number of anilines is 1. The van der Waals surface area contributed by atoms with Crippen LogP contribution in [0, 0.1) is 0 Å². The molecule has 2 N–H and O–H groups in total. The van der Waals surface area contributed by atoms with Crippen LogP contribution in [0.4, 0.5) is 5.69 Å². The van der Waals surface area contributed by atoms with E-state index in [0.29, 0.717) is 0 Å². The van der Waals surface area contributed by atoms with E-state index in [-0.39, 0.29) is 17.3 Å². The van der Waals surface area contributed by atoms with E-state index in [1.807, 2.05) is 19.1 Å². The van der Waals surface area contributed by atoms with E-state index in [2.05, 4.69) is 27.4 Å². The lowest BCUT2D eigenvalue weighted by atomic mass is 10.1. The van der Waals surface area contributed by atoms with Gasteiger partial charge in [-0.2, -0.15) is 5.10 Å². The Morgan fingerprint density at radius 3 is 2.68 bits per heavy atom. The van der Waals surface area contributed by atoms with Crippen molar-refractivity contribution in [1.29, 1.82) is 0 Å². The highest BCUT2D eigenvalue weighted by Gasteiger charge is 2.23. The Kier molecular flexibility index (Phi) is 4.74. The van der Waals surface area contributed by atoms with Crippen molar-refractivity contribution >= 4 is 17.6 Å². The van der Waals surface area contributed by atoms with Crippen LogP contribution in [0.15, 0.2) is 30.5 Å². The SMILES string of the molecule is CC(NC(=O)c1c(C(=O)O)cnn1C)c1cccc(N2CCCC2)c1. The monoisotopic (exact) mass is 342 g/mol. The van der Waals surface area contributed by atoms with E-state index in [9.17, 15) is 14.7 Å². The number of aryl methyl sites for hydroxylation is 1. The zero-order valence-corrected chi connectivity index (χ0v) is 14.4. The molecule has 1 aliphatic rings. The van der Waals surface area contributed by atoms with Gasteiger partial charge in [0.05, 0.1) is 12.2 Å². The number of aromatic carboxylic acids is 1. The van der Waals surface area contributed by atoms with Crippen LogP contribution in [-0.4, -0.2) is 39.9 Å². The number of hydrogen-bond acceptors (Lipinski definition) is 4. The third-order valence-corrected chi connectivity index (χ3v) is 4.57. The first kappa shape index (κ1) is 17.0. The molecule has 0 spiro atoms. The molecule has 25 heavy (non-hydrogen) atoms. The van der Waals surface area contributed by atoms with Crippen LogP contribution in [0.2, 0.25) is 0 Å². The van der Waals surface area contributed by atoms with Crippen molar-refractivity contribution in [3.63, 3.8) is 0 Å². The topological polar surface area (TPSA) is 87.5 Å². The molecule has 7 heteroatoms. The molecular formula is C18H22N4O3. The van der Waals surface area contributed by atoms with E-state index in [0.717, 1.165) is 24.3 Å². The zero-order chi connectivity index (χ0) is 18.0. The predicted molar refractivity (Wildman–Crippen MR) is 93.9 cm³/mol. The van der Waals surface area contributed by atoms with Crippen molar-refractivity contribution in [3.8, 4) is 0 Å². The van der Waals surface area contributed by atoms with E-state index in [1.165, 1.54) is 23.7 Å². The van der Waals surface area contributed by atoms with E-state index < -0.39 is 11.9 Å². The largest absolute Gasteiger partial charge is 0.478 e. The van der Waals surface area contributed by atoms with Crippen molar-refractivity contribution in [2.75, 3.05) is 18.0 Å². The van der Waals surface area contributed by atoms with Crippen LogP contribution in [0.25, 0.3) is 0 Å². The molecule has 1 fully saturated rings. The Labute approximate surface area is 146 Å². The molecule has 0 radical (unpaired) electrons. The minimum Gasteiger partial charge on any atom is -0.478 e. The number of carboxylic acid groups (broad SMARTS) is 1. The molecule has 2 aromatic rings. The van der Waals surface area contributed by atoms with Gasteiger partial charge in [0.15, 0.2) is 0 Å². The molecule has 2 heterocycles. The normalized spacial score (nSPS) is 15.2. The first-order chi connectivity index (χ1) is 12.0. The fourth-order valence-electron chi connectivity index (χ4n) is 3.18. The molecule has 1 atom stereocenters. The Morgan fingerprint density at radius 1 is 1.28 bits per heavy atom. The number of amides is 1. The highest BCUT2D eigenvalue weighted by atomic mass is 16.4. The minimum absolute atomic E-state index is 0.0510. The van der Waals surface area contributed by atoms with Crippen LogP contribution in [0.1, 0.15) is 52.2 Å². The van der Waals surface area contributed by atoms with Crippen LogP contribution < -0.4 is 10.2 Å². The molecule has 3 rings (SSSR count). The average molecular weight is 342 g/mol. The highest BCUT2D eigenvalue weighted by Crippen LogP contribution is 2.24. The lowest BCUT2D eigenvalue weighted by molar-refractivity contribution is 0.0690. The third kappa shape index (κ3) is 3.50. The zero-order valence-electron chi connectivity index (χ0n) is 14.4. The summed E-state index contributed by atoms with van der Waals surface area (Å²) >= 11 is 0. The number of carbonyl (C=O) groups excluding carboxylic acids is 1. The summed E-state index contributed by atoms with van der Waals surface area (Å²) in [6, 6.07) is 7.86. The van der Waals surface area contributed by atoms with Crippen molar-refractivity contribution < 1.29 is 14.7 Å². The van der Waals surface area contributed by atoms with Gasteiger partial charge >= 0.3 is 5.97 Å². The van der Waals surface area contributed by atoms with Gasteiger partial charge in [-0.25, -0.2) is 4.79 Å². The molecular weight excluding hydrogens is 320 g/mol. The Hall–Kier alpha value is -2.83. The predicted octanol–water partition coefficient (Wildman–Crippen LogP) is 2.21. The first-order valence-corrected chi connectivity index (χ1v) is 8.38. The maximum atomic E-state index is 12.5. The number of nitrogens with one attached hydrogen (secondary N) is 1. The van der Waals surface area contributed by atoms with Crippen molar-refractivity contribution in [2.24, 2.45) is 7.05 Å². The Morgan fingerprint density at radius 2 is 2.00 bits per heavy atom. The summed E-state index contributed by atoms with van der Waals surface area (Å²) in [5.74, 6) is -1.61. The lowest BCUT2D eigenvalue weighted by Crippen LogP contribution is -2.30. The van der Waals surface area contributed by atoms with Crippen molar-refractivity contribution in [2.45, 2.75) is 25.8 Å². The van der Waals surface area contributed by atoms with Gasteiger partial charge in [0.2, 0.25) is 0 Å². The number of benzene rings is 1. The molecule has 1 aromatic carbocycles. The van der Waals surface area contributed by atoms with Gasteiger partial charge in [0, 0.05) is 25.8 Å². The van der Waals surface area contributed by atoms with Gasteiger partial charge in [-0.05, 0) is 37.5 Å². The number of nitrogens with zero attached hydrogens (tertiary/aromatic N) is 3. The van der Waals surface area contributed by atoms with E-state index in [1.54, 1.807) is 7.05 Å². The molecule has 0 saturated carbocycles. The second kappa shape index (κ2) is 6.96. The minimum atomic E-state index is -1.16. The van der Waals surface area contributed by atoms with Crippen molar-refractivity contribution in [3.05, 3.63) is 47.3 Å². The van der Waals surface area contributed by atoms with Crippen LogP contribution >= 0.6 is 0 Å². The summed E-state index contributed by atoms with van der Waals surface area (Å²) in [5.41, 5.74) is 2.09. The second-order valence-corrected chi connectivity index (χ2v) is 6.32. The highest BCUT2D eigenvalue weighted by molar-refractivity contribution is 6.03. The van der Waals surface area contributed by atoms with E-state index >= 15 is 0 Å². The molecule has 132 valence electrons. The van der Waals surface area contributed by atoms with Crippen molar-refractivity contribution in [1.82, 2.24) is 15.1 Å². The third-order valence-electron chi connectivity index (χ3n) is 4.57.